The first-order valence-corrected chi connectivity index (χ1v) is 6.45. The molecule has 1 atom stereocenters. The van der Waals surface area contributed by atoms with Gasteiger partial charge in [0.25, 0.3) is 0 Å². The van der Waals surface area contributed by atoms with Crippen molar-refractivity contribution in [2.75, 3.05) is 7.11 Å². The number of ether oxygens (including phenoxy) is 1. The SMILES string of the molecule is COc1cccc(CCCC(Cl)C(C)C)c1F. The molecule has 17 heavy (non-hydrogen) atoms. The second-order valence-corrected chi connectivity index (χ2v) is 5.15. The Morgan fingerprint density at radius 2 is 2.06 bits per heavy atom. The lowest BCUT2D eigenvalue weighted by Gasteiger charge is -2.13. The first-order valence-electron chi connectivity index (χ1n) is 6.01. The molecule has 0 radical (unpaired) electrons. The van der Waals surface area contributed by atoms with Crippen molar-refractivity contribution in [3.63, 3.8) is 0 Å². The van der Waals surface area contributed by atoms with Crippen molar-refractivity contribution in [3.8, 4) is 5.75 Å². The summed E-state index contributed by atoms with van der Waals surface area (Å²) in [6, 6.07) is 5.26. The van der Waals surface area contributed by atoms with Gasteiger partial charge in [-0.25, -0.2) is 4.39 Å². The van der Waals surface area contributed by atoms with Gasteiger partial charge < -0.3 is 4.74 Å². The summed E-state index contributed by atoms with van der Waals surface area (Å²) in [7, 11) is 1.48. The maximum Gasteiger partial charge on any atom is 0.168 e. The van der Waals surface area contributed by atoms with E-state index >= 15 is 0 Å². The van der Waals surface area contributed by atoms with Crippen molar-refractivity contribution >= 4 is 11.6 Å². The summed E-state index contributed by atoms with van der Waals surface area (Å²) in [5, 5.41) is 0.170. The third-order valence-corrected chi connectivity index (χ3v) is 3.63. The Bertz CT molecular complexity index is 352. The maximum absolute atomic E-state index is 13.8. The van der Waals surface area contributed by atoms with E-state index < -0.39 is 0 Å². The summed E-state index contributed by atoms with van der Waals surface area (Å²) >= 11 is 6.16. The quantitative estimate of drug-likeness (QED) is 0.687. The van der Waals surface area contributed by atoms with Crippen LogP contribution in [0.5, 0.6) is 5.75 Å². The van der Waals surface area contributed by atoms with Gasteiger partial charge in [0.15, 0.2) is 11.6 Å². The average molecular weight is 259 g/mol. The van der Waals surface area contributed by atoms with Gasteiger partial charge >= 0.3 is 0 Å². The Labute approximate surface area is 108 Å². The van der Waals surface area contributed by atoms with Crippen LogP contribution < -0.4 is 4.74 Å². The minimum Gasteiger partial charge on any atom is -0.494 e. The molecule has 0 aliphatic rings. The van der Waals surface area contributed by atoms with Crippen LogP contribution in [-0.2, 0) is 6.42 Å². The summed E-state index contributed by atoms with van der Waals surface area (Å²) in [5.74, 6) is 0.534. The Balaban J connectivity index is 2.52. The van der Waals surface area contributed by atoms with E-state index in [1.165, 1.54) is 7.11 Å². The van der Waals surface area contributed by atoms with E-state index in [1.807, 2.05) is 6.07 Å². The van der Waals surface area contributed by atoms with E-state index in [4.69, 9.17) is 16.3 Å². The molecule has 0 aliphatic carbocycles. The largest absolute Gasteiger partial charge is 0.494 e. The molecule has 1 nitrogen and oxygen atoms in total. The van der Waals surface area contributed by atoms with Crippen LogP contribution in [-0.4, -0.2) is 12.5 Å². The Hall–Kier alpha value is -0.760. The zero-order valence-electron chi connectivity index (χ0n) is 10.7. The van der Waals surface area contributed by atoms with Crippen LogP contribution in [0.3, 0.4) is 0 Å². The van der Waals surface area contributed by atoms with Gasteiger partial charge in [-0.1, -0.05) is 26.0 Å². The Kier molecular flexibility index (Phi) is 5.76. The molecule has 1 aromatic carbocycles. The van der Waals surface area contributed by atoms with Crippen LogP contribution in [0.25, 0.3) is 0 Å². The Morgan fingerprint density at radius 1 is 1.35 bits per heavy atom. The summed E-state index contributed by atoms with van der Waals surface area (Å²) < 4.78 is 18.7. The van der Waals surface area contributed by atoms with Crippen LogP contribution in [0.4, 0.5) is 4.39 Å². The van der Waals surface area contributed by atoms with Gasteiger partial charge in [-0.15, -0.1) is 11.6 Å². The van der Waals surface area contributed by atoms with E-state index in [2.05, 4.69) is 13.8 Å². The fourth-order valence-corrected chi connectivity index (χ4v) is 1.88. The molecule has 0 heterocycles. The number of hydrogen-bond donors (Lipinski definition) is 0. The van der Waals surface area contributed by atoms with Crippen molar-refractivity contribution in [1.29, 1.82) is 0 Å². The normalized spacial score (nSPS) is 12.8. The van der Waals surface area contributed by atoms with Gasteiger partial charge in [-0.2, -0.15) is 0 Å². The third-order valence-electron chi connectivity index (χ3n) is 2.91. The molecule has 0 N–H and O–H groups in total. The Morgan fingerprint density at radius 3 is 2.65 bits per heavy atom. The van der Waals surface area contributed by atoms with E-state index in [-0.39, 0.29) is 11.2 Å². The lowest BCUT2D eigenvalue weighted by molar-refractivity contribution is 0.383. The fourth-order valence-electron chi connectivity index (χ4n) is 1.73. The van der Waals surface area contributed by atoms with Crippen LogP contribution in [0.1, 0.15) is 32.3 Å². The predicted molar refractivity (Wildman–Crippen MR) is 70.4 cm³/mol. The highest BCUT2D eigenvalue weighted by molar-refractivity contribution is 6.20. The summed E-state index contributed by atoms with van der Waals surface area (Å²) in [6.07, 6.45) is 2.52. The van der Waals surface area contributed by atoms with E-state index in [9.17, 15) is 4.39 Å². The molecule has 0 aliphatic heterocycles. The second-order valence-electron chi connectivity index (χ2n) is 4.59. The average Bonchev–Trinajstić information content (AvgIpc) is 2.31. The standard InChI is InChI=1S/C14H20ClFO/c1-10(2)12(15)8-4-6-11-7-5-9-13(17-3)14(11)16/h5,7,9-10,12H,4,6,8H2,1-3H3. The predicted octanol–water partition coefficient (Wildman–Crippen LogP) is 4.42. The molecule has 0 aromatic heterocycles. The first kappa shape index (κ1) is 14.3. The molecule has 96 valence electrons. The smallest absolute Gasteiger partial charge is 0.168 e. The summed E-state index contributed by atoms with van der Waals surface area (Å²) in [4.78, 5) is 0. The number of halogens is 2. The molecule has 0 saturated heterocycles. The van der Waals surface area contributed by atoms with Crippen molar-refractivity contribution in [2.45, 2.75) is 38.5 Å². The number of hydrogen-bond acceptors (Lipinski definition) is 1. The molecule has 0 fully saturated rings. The molecular weight excluding hydrogens is 239 g/mol. The van der Waals surface area contributed by atoms with Gasteiger partial charge in [0, 0.05) is 5.38 Å². The maximum atomic E-state index is 13.8. The van der Waals surface area contributed by atoms with Crippen LogP contribution in [0, 0.1) is 11.7 Å². The van der Waals surface area contributed by atoms with Crippen molar-refractivity contribution in [1.82, 2.24) is 0 Å². The number of rotatable bonds is 6. The zero-order valence-corrected chi connectivity index (χ0v) is 11.4. The molecule has 1 unspecified atom stereocenters. The van der Waals surface area contributed by atoms with Gasteiger partial charge in [-0.3, -0.25) is 0 Å². The van der Waals surface area contributed by atoms with Gasteiger partial charge in [0.05, 0.1) is 7.11 Å². The highest BCUT2D eigenvalue weighted by atomic mass is 35.5. The molecular formula is C14H20ClFO. The second kappa shape index (κ2) is 6.85. The molecule has 3 heteroatoms. The molecule has 1 rings (SSSR count). The third kappa shape index (κ3) is 4.19. The van der Waals surface area contributed by atoms with Gasteiger partial charge in [0.1, 0.15) is 0 Å². The summed E-state index contributed by atoms with van der Waals surface area (Å²) in [6.45, 7) is 4.20. The summed E-state index contributed by atoms with van der Waals surface area (Å²) in [5.41, 5.74) is 0.706. The van der Waals surface area contributed by atoms with Crippen molar-refractivity contribution in [2.24, 2.45) is 5.92 Å². The van der Waals surface area contributed by atoms with E-state index in [1.54, 1.807) is 12.1 Å². The van der Waals surface area contributed by atoms with Crippen molar-refractivity contribution in [3.05, 3.63) is 29.6 Å². The van der Waals surface area contributed by atoms with E-state index in [0.29, 0.717) is 23.7 Å². The van der Waals surface area contributed by atoms with Crippen LogP contribution >= 0.6 is 11.6 Å². The van der Waals surface area contributed by atoms with Gasteiger partial charge in [-0.05, 0) is 36.8 Å². The highest BCUT2D eigenvalue weighted by Crippen LogP contribution is 2.23. The lowest BCUT2D eigenvalue weighted by atomic mass is 10.0. The fraction of sp³-hybridized carbons (Fsp3) is 0.571. The minimum atomic E-state index is -0.245. The lowest BCUT2D eigenvalue weighted by Crippen LogP contribution is -2.08. The molecule has 0 bridgehead atoms. The highest BCUT2D eigenvalue weighted by Gasteiger charge is 2.11. The molecule has 0 spiro atoms. The molecule has 1 aromatic rings. The van der Waals surface area contributed by atoms with E-state index in [0.717, 1.165) is 12.8 Å². The molecule has 0 saturated carbocycles. The number of alkyl halides is 1. The van der Waals surface area contributed by atoms with Crippen LogP contribution in [0.2, 0.25) is 0 Å². The monoisotopic (exact) mass is 258 g/mol. The topological polar surface area (TPSA) is 9.23 Å². The first-order chi connectivity index (χ1) is 8.06. The minimum absolute atomic E-state index is 0.170. The number of aryl methyl sites for hydroxylation is 1. The van der Waals surface area contributed by atoms with Crippen LogP contribution in [0.15, 0.2) is 18.2 Å². The zero-order chi connectivity index (χ0) is 12.8. The number of methoxy groups -OCH3 is 1. The number of benzene rings is 1. The van der Waals surface area contributed by atoms with Crippen molar-refractivity contribution < 1.29 is 9.13 Å². The van der Waals surface area contributed by atoms with Gasteiger partial charge in [0.2, 0.25) is 0 Å². The molecule has 0 amide bonds.